The van der Waals surface area contributed by atoms with E-state index in [4.69, 9.17) is 5.11 Å². The molecule has 0 aliphatic rings. The van der Waals surface area contributed by atoms with Crippen molar-refractivity contribution in [2.45, 2.75) is 0 Å². The van der Waals surface area contributed by atoms with E-state index in [-0.39, 0.29) is 0 Å². The van der Waals surface area contributed by atoms with Crippen LogP contribution in [0.5, 0.6) is 0 Å². The predicted molar refractivity (Wildman–Crippen MR) is 64.2 cm³/mol. The molecule has 0 atom stereocenters. The number of aromatic carboxylic acids is 1. The Hall–Kier alpha value is -0.390. The van der Waals surface area contributed by atoms with Crippen molar-refractivity contribution in [3.05, 3.63) is 32.0 Å². The highest BCUT2D eigenvalue weighted by Crippen LogP contribution is 2.39. The number of fused-ring (bicyclic) bond motifs is 1. The largest absolute Gasteiger partial charge is 0.478 e. The zero-order valence-electron chi connectivity index (χ0n) is 6.75. The minimum absolute atomic E-state index is 0.339. The van der Waals surface area contributed by atoms with Gasteiger partial charge in [-0.25, -0.2) is 4.79 Å². The third-order valence-electron chi connectivity index (χ3n) is 1.84. The third-order valence-corrected chi connectivity index (χ3v) is 4.67. The molecule has 0 saturated heterocycles. The fraction of sp³-hybridized carbons (Fsp3) is 0. The first kappa shape index (κ1) is 10.1. The number of hydrogen-bond acceptors (Lipinski definition) is 2. The summed E-state index contributed by atoms with van der Waals surface area (Å²) in [6, 6.07) is 5.54. The van der Waals surface area contributed by atoms with Crippen molar-refractivity contribution < 1.29 is 9.90 Å². The fourth-order valence-electron chi connectivity index (χ4n) is 1.26. The third kappa shape index (κ3) is 1.49. The highest BCUT2D eigenvalue weighted by Gasteiger charge is 2.17. The molecule has 1 aromatic carbocycles. The Kier molecular flexibility index (Phi) is 2.64. The van der Waals surface area contributed by atoms with Crippen LogP contribution in [-0.2, 0) is 0 Å². The van der Waals surface area contributed by atoms with Crippen molar-refractivity contribution in [3.8, 4) is 0 Å². The van der Waals surface area contributed by atoms with Gasteiger partial charge in [0.05, 0.1) is 14.0 Å². The number of carbonyl (C=O) groups is 1. The second kappa shape index (κ2) is 3.64. The Morgan fingerprint density at radius 1 is 1.36 bits per heavy atom. The Balaban J connectivity index is 2.90. The maximum Gasteiger partial charge on any atom is 0.338 e. The van der Waals surface area contributed by atoms with Crippen LogP contribution >= 0.6 is 43.2 Å². The first-order valence-electron chi connectivity index (χ1n) is 3.71. The van der Waals surface area contributed by atoms with Crippen molar-refractivity contribution in [2.75, 3.05) is 0 Å². The van der Waals surface area contributed by atoms with E-state index in [2.05, 4.69) is 31.9 Å². The van der Waals surface area contributed by atoms with E-state index in [0.717, 1.165) is 14.6 Å². The van der Waals surface area contributed by atoms with Gasteiger partial charge >= 0.3 is 5.97 Å². The van der Waals surface area contributed by atoms with Crippen molar-refractivity contribution in [1.82, 2.24) is 0 Å². The van der Waals surface area contributed by atoms with Gasteiger partial charge in [0.1, 0.15) is 0 Å². The average molecular weight is 336 g/mol. The van der Waals surface area contributed by atoms with Crippen LogP contribution in [0.3, 0.4) is 0 Å². The van der Waals surface area contributed by atoms with Gasteiger partial charge < -0.3 is 5.11 Å². The van der Waals surface area contributed by atoms with Crippen LogP contribution in [0.25, 0.3) is 10.1 Å². The highest BCUT2D eigenvalue weighted by molar-refractivity contribution is 9.11. The van der Waals surface area contributed by atoms with Crippen LogP contribution in [0.2, 0.25) is 0 Å². The van der Waals surface area contributed by atoms with E-state index in [1.54, 1.807) is 0 Å². The molecule has 72 valence electrons. The van der Waals surface area contributed by atoms with Gasteiger partial charge in [-0.05, 0) is 37.9 Å². The monoisotopic (exact) mass is 334 g/mol. The molecular weight excluding hydrogens is 332 g/mol. The molecule has 2 nitrogen and oxygen atoms in total. The highest BCUT2D eigenvalue weighted by atomic mass is 79.9. The Morgan fingerprint density at radius 3 is 2.71 bits per heavy atom. The molecule has 0 unspecified atom stereocenters. The average Bonchev–Trinajstić information content (AvgIpc) is 2.42. The summed E-state index contributed by atoms with van der Waals surface area (Å²) in [5, 5.41) is 9.77. The smallest absolute Gasteiger partial charge is 0.338 e. The maximum absolute atomic E-state index is 11.0. The molecule has 2 rings (SSSR count). The lowest BCUT2D eigenvalue weighted by atomic mass is 10.2. The Morgan fingerprint density at radius 2 is 2.07 bits per heavy atom. The van der Waals surface area contributed by atoms with Crippen LogP contribution in [0.15, 0.2) is 26.5 Å². The Bertz CT molecular complexity index is 519. The van der Waals surface area contributed by atoms with E-state index in [1.165, 1.54) is 11.3 Å². The van der Waals surface area contributed by atoms with Crippen LogP contribution in [0.4, 0.5) is 0 Å². The van der Waals surface area contributed by atoms with E-state index in [9.17, 15) is 4.79 Å². The molecule has 1 heterocycles. The lowest BCUT2D eigenvalue weighted by molar-refractivity contribution is 0.0698. The van der Waals surface area contributed by atoms with Crippen molar-refractivity contribution in [3.63, 3.8) is 0 Å². The van der Waals surface area contributed by atoms with Crippen LogP contribution < -0.4 is 0 Å². The topological polar surface area (TPSA) is 37.3 Å². The molecule has 0 radical (unpaired) electrons. The number of carboxylic acid groups (broad SMARTS) is 1. The van der Waals surface area contributed by atoms with Gasteiger partial charge in [-0.2, -0.15) is 0 Å². The molecule has 0 fully saturated rings. The molecule has 1 aromatic heterocycles. The zero-order valence-corrected chi connectivity index (χ0v) is 10.7. The molecule has 14 heavy (non-hydrogen) atoms. The van der Waals surface area contributed by atoms with Gasteiger partial charge in [0.15, 0.2) is 0 Å². The van der Waals surface area contributed by atoms with E-state index >= 15 is 0 Å². The molecule has 5 heteroatoms. The summed E-state index contributed by atoms with van der Waals surface area (Å²) in [4.78, 5) is 11.0. The maximum atomic E-state index is 11.0. The molecule has 0 amide bonds. The van der Waals surface area contributed by atoms with Gasteiger partial charge in [-0.1, -0.05) is 12.1 Å². The van der Waals surface area contributed by atoms with Crippen molar-refractivity contribution in [1.29, 1.82) is 0 Å². The Labute approximate surface area is 101 Å². The first-order chi connectivity index (χ1) is 6.61. The van der Waals surface area contributed by atoms with Crippen molar-refractivity contribution >= 4 is 59.3 Å². The van der Waals surface area contributed by atoms with Gasteiger partial charge in [-0.15, -0.1) is 11.3 Å². The summed E-state index contributed by atoms with van der Waals surface area (Å²) in [5.74, 6) is -0.902. The number of halogens is 2. The predicted octanol–water partition coefficient (Wildman–Crippen LogP) is 4.12. The number of benzene rings is 1. The quantitative estimate of drug-likeness (QED) is 0.851. The lowest BCUT2D eigenvalue weighted by Crippen LogP contribution is -1.94. The van der Waals surface area contributed by atoms with Crippen LogP contribution in [0, 0.1) is 0 Å². The van der Waals surface area contributed by atoms with Gasteiger partial charge in [0, 0.05) is 9.86 Å². The summed E-state index contributed by atoms with van der Waals surface area (Å²) >= 11 is 8.07. The zero-order chi connectivity index (χ0) is 10.3. The lowest BCUT2D eigenvalue weighted by Gasteiger charge is -1.93. The molecule has 0 spiro atoms. The number of thiophene rings is 1. The number of rotatable bonds is 1. The van der Waals surface area contributed by atoms with Crippen LogP contribution in [-0.4, -0.2) is 11.1 Å². The van der Waals surface area contributed by atoms with E-state index in [0.29, 0.717) is 9.35 Å². The standard InChI is InChI=1S/C9H4Br2O2S/c10-5-3-1-2-4-6(9(12)13)8(11)14-7(4)5/h1-3H,(H,12,13). The summed E-state index contributed by atoms with van der Waals surface area (Å²) < 4.78 is 2.54. The normalized spacial score (nSPS) is 10.7. The summed E-state index contributed by atoms with van der Waals surface area (Å²) in [6.07, 6.45) is 0. The summed E-state index contributed by atoms with van der Waals surface area (Å²) in [5.41, 5.74) is 0.339. The molecule has 0 aliphatic carbocycles. The second-order valence-electron chi connectivity index (χ2n) is 2.67. The summed E-state index contributed by atoms with van der Waals surface area (Å²) in [7, 11) is 0. The van der Waals surface area contributed by atoms with Gasteiger partial charge in [0.2, 0.25) is 0 Å². The van der Waals surface area contributed by atoms with Gasteiger partial charge in [-0.3, -0.25) is 0 Å². The summed E-state index contributed by atoms with van der Waals surface area (Å²) in [6.45, 7) is 0. The number of carboxylic acids is 1. The SMILES string of the molecule is O=C(O)c1c(Br)sc2c(Br)cccc12. The van der Waals surface area contributed by atoms with Gasteiger partial charge in [0.25, 0.3) is 0 Å². The molecule has 0 bridgehead atoms. The van der Waals surface area contributed by atoms with Crippen molar-refractivity contribution in [2.24, 2.45) is 0 Å². The van der Waals surface area contributed by atoms with E-state index < -0.39 is 5.97 Å². The molecule has 2 aromatic rings. The first-order valence-corrected chi connectivity index (χ1v) is 6.11. The molecule has 1 N–H and O–H groups in total. The molecular formula is C9H4Br2O2S. The van der Waals surface area contributed by atoms with E-state index in [1.807, 2.05) is 18.2 Å². The molecule has 0 aliphatic heterocycles. The second-order valence-corrected chi connectivity index (χ2v) is 5.87. The fourth-order valence-corrected chi connectivity index (χ4v) is 3.66. The minimum Gasteiger partial charge on any atom is -0.478 e. The van der Waals surface area contributed by atoms with Crippen LogP contribution in [0.1, 0.15) is 10.4 Å². The minimum atomic E-state index is -0.902. The number of hydrogen-bond donors (Lipinski definition) is 1. The molecule has 0 saturated carbocycles.